The first-order valence-electron chi connectivity index (χ1n) is 6.27. The predicted molar refractivity (Wildman–Crippen MR) is 70.5 cm³/mol. The van der Waals surface area contributed by atoms with E-state index in [4.69, 9.17) is 4.74 Å². The number of aliphatic hydroxyl groups excluding tert-OH is 1. The minimum atomic E-state index is -0.519. The van der Waals surface area contributed by atoms with Gasteiger partial charge in [-0.1, -0.05) is 19.1 Å². The summed E-state index contributed by atoms with van der Waals surface area (Å²) in [6.07, 6.45) is -0.111. The Labute approximate surface area is 108 Å². The van der Waals surface area contributed by atoms with Gasteiger partial charge in [0, 0.05) is 6.54 Å². The summed E-state index contributed by atoms with van der Waals surface area (Å²) in [5, 5.41) is 12.2. The van der Waals surface area contributed by atoms with E-state index < -0.39 is 12.2 Å². The topological polar surface area (TPSA) is 58.6 Å². The summed E-state index contributed by atoms with van der Waals surface area (Å²) >= 11 is 0. The second-order valence-electron chi connectivity index (χ2n) is 4.30. The molecule has 0 aromatic heterocycles. The van der Waals surface area contributed by atoms with Gasteiger partial charge in [0.2, 0.25) is 0 Å². The first kappa shape index (κ1) is 14.5. The van der Waals surface area contributed by atoms with Gasteiger partial charge in [0.25, 0.3) is 5.91 Å². The molecule has 0 aliphatic heterocycles. The van der Waals surface area contributed by atoms with E-state index in [1.54, 1.807) is 38.1 Å². The van der Waals surface area contributed by atoms with Crippen molar-refractivity contribution >= 4 is 5.91 Å². The van der Waals surface area contributed by atoms with Crippen LogP contribution in [0.15, 0.2) is 24.3 Å². The monoisotopic (exact) mass is 251 g/mol. The molecule has 0 radical (unpaired) electrons. The van der Waals surface area contributed by atoms with Gasteiger partial charge in [-0.3, -0.25) is 4.79 Å². The summed E-state index contributed by atoms with van der Waals surface area (Å²) in [7, 11) is 0. The number of hydrogen-bond acceptors (Lipinski definition) is 3. The molecule has 0 aliphatic rings. The lowest BCUT2D eigenvalue weighted by Crippen LogP contribution is -2.36. The van der Waals surface area contributed by atoms with Crippen molar-refractivity contribution in [2.24, 2.45) is 0 Å². The third-order valence-corrected chi connectivity index (χ3v) is 2.59. The fourth-order valence-electron chi connectivity index (χ4n) is 1.47. The van der Waals surface area contributed by atoms with Crippen molar-refractivity contribution in [3.8, 4) is 5.75 Å². The van der Waals surface area contributed by atoms with Crippen LogP contribution in [-0.2, 0) is 4.79 Å². The molecule has 0 saturated carbocycles. The Balaban J connectivity index is 2.53. The van der Waals surface area contributed by atoms with Crippen molar-refractivity contribution in [3.63, 3.8) is 0 Å². The van der Waals surface area contributed by atoms with Crippen LogP contribution < -0.4 is 10.1 Å². The minimum Gasteiger partial charge on any atom is -0.481 e. The van der Waals surface area contributed by atoms with Crippen LogP contribution in [0.4, 0.5) is 0 Å². The Morgan fingerprint density at radius 2 is 1.94 bits per heavy atom. The number of benzene rings is 1. The van der Waals surface area contributed by atoms with E-state index in [2.05, 4.69) is 5.32 Å². The smallest absolute Gasteiger partial charge is 0.260 e. The molecule has 18 heavy (non-hydrogen) atoms. The predicted octanol–water partition coefficient (Wildman–Crippen LogP) is 2.03. The van der Waals surface area contributed by atoms with E-state index in [1.165, 1.54) is 0 Å². The summed E-state index contributed by atoms with van der Waals surface area (Å²) < 4.78 is 5.51. The van der Waals surface area contributed by atoms with Crippen LogP contribution in [0.5, 0.6) is 5.75 Å². The van der Waals surface area contributed by atoms with Gasteiger partial charge in [-0.15, -0.1) is 0 Å². The number of hydrogen-bond donors (Lipinski definition) is 2. The third kappa shape index (κ3) is 4.37. The van der Waals surface area contributed by atoms with E-state index in [9.17, 15) is 9.90 Å². The highest BCUT2D eigenvalue weighted by Crippen LogP contribution is 2.18. The van der Waals surface area contributed by atoms with Gasteiger partial charge in [-0.05, 0) is 38.0 Å². The maximum absolute atomic E-state index is 11.6. The van der Waals surface area contributed by atoms with Gasteiger partial charge >= 0.3 is 0 Å². The van der Waals surface area contributed by atoms with Crippen molar-refractivity contribution in [1.82, 2.24) is 5.32 Å². The number of nitrogens with one attached hydrogen (secondary N) is 1. The fourth-order valence-corrected chi connectivity index (χ4v) is 1.47. The quantitative estimate of drug-likeness (QED) is 0.813. The minimum absolute atomic E-state index is 0.114. The van der Waals surface area contributed by atoms with Crippen molar-refractivity contribution in [3.05, 3.63) is 29.8 Å². The molecule has 0 aliphatic carbocycles. The molecule has 0 spiro atoms. The molecule has 0 heterocycles. The van der Waals surface area contributed by atoms with Crippen LogP contribution in [0, 0.1) is 0 Å². The van der Waals surface area contributed by atoms with Gasteiger partial charge < -0.3 is 15.2 Å². The third-order valence-electron chi connectivity index (χ3n) is 2.59. The summed E-state index contributed by atoms with van der Waals surface area (Å²) in [4.78, 5) is 11.6. The molecule has 1 aromatic carbocycles. The summed E-state index contributed by atoms with van der Waals surface area (Å²) in [6, 6.07) is 7.09. The van der Waals surface area contributed by atoms with Crippen LogP contribution >= 0.6 is 0 Å². The zero-order valence-electron chi connectivity index (χ0n) is 11.1. The van der Waals surface area contributed by atoms with E-state index in [0.717, 1.165) is 12.0 Å². The van der Waals surface area contributed by atoms with Gasteiger partial charge in [-0.25, -0.2) is 0 Å². The SMILES string of the molecule is CCCNC(=O)C(C)Oc1ccc([C@@H](C)O)cc1. The second-order valence-corrected chi connectivity index (χ2v) is 4.30. The highest BCUT2D eigenvalue weighted by atomic mass is 16.5. The molecule has 1 aromatic rings. The Morgan fingerprint density at radius 1 is 1.33 bits per heavy atom. The number of ether oxygens (including phenoxy) is 1. The van der Waals surface area contributed by atoms with Crippen molar-refractivity contribution < 1.29 is 14.6 Å². The van der Waals surface area contributed by atoms with Crippen LogP contribution in [-0.4, -0.2) is 23.7 Å². The average molecular weight is 251 g/mol. The molecule has 4 nitrogen and oxygen atoms in total. The summed E-state index contributed by atoms with van der Waals surface area (Å²) in [6.45, 7) is 6.08. The Hall–Kier alpha value is -1.55. The molecule has 1 rings (SSSR count). The number of aliphatic hydroxyl groups is 1. The molecule has 0 bridgehead atoms. The lowest BCUT2D eigenvalue weighted by atomic mass is 10.1. The normalized spacial score (nSPS) is 13.8. The number of carbonyl (C=O) groups is 1. The van der Waals surface area contributed by atoms with Crippen LogP contribution in [0.3, 0.4) is 0 Å². The molecule has 1 unspecified atom stereocenters. The van der Waals surface area contributed by atoms with Crippen molar-refractivity contribution in [1.29, 1.82) is 0 Å². The molecular formula is C14H21NO3. The zero-order valence-corrected chi connectivity index (χ0v) is 11.1. The first-order valence-corrected chi connectivity index (χ1v) is 6.27. The molecule has 0 saturated heterocycles. The molecular weight excluding hydrogens is 230 g/mol. The van der Waals surface area contributed by atoms with Crippen LogP contribution in [0.25, 0.3) is 0 Å². The van der Waals surface area contributed by atoms with Crippen molar-refractivity contribution in [2.45, 2.75) is 39.4 Å². The molecule has 4 heteroatoms. The number of carbonyl (C=O) groups excluding carboxylic acids is 1. The van der Waals surface area contributed by atoms with Crippen LogP contribution in [0.2, 0.25) is 0 Å². The highest BCUT2D eigenvalue weighted by Gasteiger charge is 2.13. The standard InChI is InChI=1S/C14H21NO3/c1-4-9-15-14(17)11(3)18-13-7-5-12(6-8-13)10(2)16/h5-8,10-11,16H,4,9H2,1-3H3,(H,15,17)/t10-,11?/m1/s1. The lowest BCUT2D eigenvalue weighted by molar-refractivity contribution is -0.127. The first-order chi connectivity index (χ1) is 8.54. The van der Waals surface area contributed by atoms with E-state index in [-0.39, 0.29) is 5.91 Å². The maximum atomic E-state index is 11.6. The molecule has 100 valence electrons. The molecule has 0 fully saturated rings. The average Bonchev–Trinajstić information content (AvgIpc) is 2.36. The Bertz CT molecular complexity index is 373. The van der Waals surface area contributed by atoms with E-state index in [0.29, 0.717) is 12.3 Å². The number of amides is 1. The molecule has 2 N–H and O–H groups in total. The van der Waals surface area contributed by atoms with Crippen molar-refractivity contribution in [2.75, 3.05) is 6.54 Å². The van der Waals surface area contributed by atoms with Crippen LogP contribution in [0.1, 0.15) is 38.9 Å². The van der Waals surface area contributed by atoms with E-state index >= 15 is 0 Å². The maximum Gasteiger partial charge on any atom is 0.260 e. The lowest BCUT2D eigenvalue weighted by Gasteiger charge is -2.15. The summed E-state index contributed by atoms with van der Waals surface area (Å²) in [5.74, 6) is 0.509. The van der Waals surface area contributed by atoms with Gasteiger partial charge in [-0.2, -0.15) is 0 Å². The second kappa shape index (κ2) is 7.01. The van der Waals surface area contributed by atoms with Gasteiger partial charge in [0.1, 0.15) is 5.75 Å². The Morgan fingerprint density at radius 3 is 2.44 bits per heavy atom. The molecule has 1 amide bonds. The zero-order chi connectivity index (χ0) is 13.5. The molecule has 2 atom stereocenters. The largest absolute Gasteiger partial charge is 0.481 e. The number of rotatable bonds is 6. The van der Waals surface area contributed by atoms with E-state index in [1.807, 2.05) is 6.92 Å². The van der Waals surface area contributed by atoms with Gasteiger partial charge in [0.05, 0.1) is 6.10 Å². The fraction of sp³-hybridized carbons (Fsp3) is 0.500. The van der Waals surface area contributed by atoms with Gasteiger partial charge in [0.15, 0.2) is 6.10 Å². The summed E-state index contributed by atoms with van der Waals surface area (Å²) in [5.41, 5.74) is 0.824. The Kier molecular flexibility index (Phi) is 5.65. The highest BCUT2D eigenvalue weighted by molar-refractivity contribution is 5.80.